The molecule has 2 amide bonds. The van der Waals surface area contributed by atoms with E-state index in [-0.39, 0.29) is 18.4 Å². The molecule has 0 unspecified atom stereocenters. The highest BCUT2D eigenvalue weighted by atomic mass is 16.5. The van der Waals surface area contributed by atoms with Gasteiger partial charge >= 0.3 is 0 Å². The van der Waals surface area contributed by atoms with Crippen LogP contribution in [0.3, 0.4) is 0 Å². The van der Waals surface area contributed by atoms with E-state index in [2.05, 4.69) is 5.32 Å². The first-order valence-corrected chi connectivity index (χ1v) is 9.60. The fraction of sp³-hybridized carbons (Fsp3) is 0.167. The van der Waals surface area contributed by atoms with Crippen molar-refractivity contribution in [2.45, 2.75) is 13.8 Å². The first kappa shape index (κ1) is 19.5. The van der Waals surface area contributed by atoms with Crippen LogP contribution < -0.4 is 19.7 Å². The fourth-order valence-corrected chi connectivity index (χ4v) is 3.30. The second-order valence-corrected chi connectivity index (χ2v) is 7.30. The summed E-state index contributed by atoms with van der Waals surface area (Å²) in [6.07, 6.45) is 0. The Morgan fingerprint density at radius 3 is 2.57 bits per heavy atom. The van der Waals surface area contributed by atoms with Crippen LogP contribution in [0.5, 0.6) is 17.2 Å². The van der Waals surface area contributed by atoms with Crippen LogP contribution in [0.15, 0.2) is 60.7 Å². The van der Waals surface area contributed by atoms with Crippen molar-refractivity contribution in [3.8, 4) is 17.2 Å². The third-order valence-electron chi connectivity index (χ3n) is 4.85. The van der Waals surface area contributed by atoms with Gasteiger partial charge in [0.25, 0.3) is 11.8 Å². The summed E-state index contributed by atoms with van der Waals surface area (Å²) in [5.74, 6) is 1.17. The molecule has 0 aliphatic carbocycles. The van der Waals surface area contributed by atoms with Crippen LogP contribution in [0.1, 0.15) is 21.5 Å². The number of aryl methyl sites for hydroxylation is 2. The molecule has 0 atom stereocenters. The maximum atomic E-state index is 13.0. The van der Waals surface area contributed by atoms with Crippen LogP contribution in [0.2, 0.25) is 0 Å². The summed E-state index contributed by atoms with van der Waals surface area (Å²) < 4.78 is 11.5. The second kappa shape index (κ2) is 7.91. The molecule has 1 aliphatic heterocycles. The number of hydrogen-bond donors (Lipinski definition) is 1. The van der Waals surface area contributed by atoms with Crippen LogP contribution in [0.25, 0.3) is 0 Å². The number of fused-ring (bicyclic) bond motifs is 2. The summed E-state index contributed by atoms with van der Waals surface area (Å²) in [7, 11) is 1.71. The third-order valence-corrected chi connectivity index (χ3v) is 4.85. The summed E-state index contributed by atoms with van der Waals surface area (Å²) in [5.41, 5.74) is 3.66. The molecular formula is C24H22N2O4. The number of benzene rings is 3. The van der Waals surface area contributed by atoms with Crippen LogP contribution in [-0.2, 0) is 4.79 Å². The molecular weight excluding hydrogens is 380 g/mol. The van der Waals surface area contributed by atoms with Crippen LogP contribution in [-0.4, -0.2) is 25.5 Å². The van der Waals surface area contributed by atoms with Gasteiger partial charge in [0.15, 0.2) is 12.4 Å². The van der Waals surface area contributed by atoms with E-state index >= 15 is 0 Å². The topological polar surface area (TPSA) is 67.9 Å². The van der Waals surface area contributed by atoms with E-state index in [0.717, 1.165) is 11.1 Å². The molecule has 152 valence electrons. The average molecular weight is 402 g/mol. The molecule has 0 fully saturated rings. The summed E-state index contributed by atoms with van der Waals surface area (Å²) in [4.78, 5) is 26.9. The van der Waals surface area contributed by atoms with Crippen LogP contribution >= 0.6 is 0 Å². The summed E-state index contributed by atoms with van der Waals surface area (Å²) in [5, 5.41) is 2.77. The zero-order valence-corrected chi connectivity index (χ0v) is 17.1. The van der Waals surface area contributed by atoms with E-state index in [9.17, 15) is 9.59 Å². The van der Waals surface area contributed by atoms with Gasteiger partial charge in [0.2, 0.25) is 0 Å². The number of amides is 2. The highest BCUT2D eigenvalue weighted by molar-refractivity contribution is 6.10. The standard InChI is InChI=1S/C24H22N2O4/c1-15-5-4-6-18(11-15)29-14-23(27)25-17-8-10-21-19(13-17)24(28)26(3)20-12-16(2)7-9-22(20)30-21/h4-13H,14H2,1-3H3,(H,25,27). The molecule has 6 nitrogen and oxygen atoms in total. The third kappa shape index (κ3) is 3.98. The minimum absolute atomic E-state index is 0.129. The Kier molecular flexibility index (Phi) is 5.14. The van der Waals surface area contributed by atoms with Gasteiger partial charge in [-0.3, -0.25) is 9.59 Å². The van der Waals surface area contributed by atoms with Gasteiger partial charge in [0, 0.05) is 12.7 Å². The zero-order valence-electron chi connectivity index (χ0n) is 17.1. The molecule has 30 heavy (non-hydrogen) atoms. The molecule has 3 aromatic rings. The smallest absolute Gasteiger partial charge is 0.262 e. The molecule has 0 saturated carbocycles. The van der Waals surface area contributed by atoms with Gasteiger partial charge in [-0.25, -0.2) is 0 Å². The predicted molar refractivity (Wildman–Crippen MR) is 116 cm³/mol. The molecule has 1 N–H and O–H groups in total. The Labute approximate surface area is 175 Å². The van der Waals surface area contributed by atoms with Crippen molar-refractivity contribution >= 4 is 23.2 Å². The lowest BCUT2D eigenvalue weighted by molar-refractivity contribution is -0.118. The maximum absolute atomic E-state index is 13.0. The summed E-state index contributed by atoms with van der Waals surface area (Å²) in [6, 6.07) is 18.2. The molecule has 0 bridgehead atoms. The molecule has 0 spiro atoms. The van der Waals surface area contributed by atoms with Gasteiger partial charge in [-0.1, -0.05) is 18.2 Å². The number of anilines is 2. The monoisotopic (exact) mass is 402 g/mol. The predicted octanol–water partition coefficient (Wildman–Crippen LogP) is 4.70. The van der Waals surface area contributed by atoms with Crippen molar-refractivity contribution in [2.75, 3.05) is 23.9 Å². The van der Waals surface area contributed by atoms with Crippen molar-refractivity contribution in [2.24, 2.45) is 0 Å². The van der Waals surface area contributed by atoms with E-state index in [4.69, 9.17) is 9.47 Å². The Morgan fingerprint density at radius 1 is 1.00 bits per heavy atom. The number of ether oxygens (including phenoxy) is 2. The maximum Gasteiger partial charge on any atom is 0.262 e. The first-order chi connectivity index (χ1) is 14.4. The highest BCUT2D eigenvalue weighted by Crippen LogP contribution is 2.39. The zero-order chi connectivity index (χ0) is 21.3. The SMILES string of the molecule is Cc1cccc(OCC(=O)Nc2ccc3c(c2)C(=O)N(C)c2cc(C)ccc2O3)c1. The second-order valence-electron chi connectivity index (χ2n) is 7.30. The Bertz CT molecular complexity index is 1140. The number of hydrogen-bond acceptors (Lipinski definition) is 4. The minimum atomic E-state index is -0.314. The molecule has 3 aromatic carbocycles. The van der Waals surface area contributed by atoms with Crippen molar-refractivity contribution in [3.05, 3.63) is 77.4 Å². The summed E-state index contributed by atoms with van der Waals surface area (Å²) >= 11 is 0. The molecule has 1 heterocycles. The van der Waals surface area contributed by atoms with Crippen molar-refractivity contribution in [1.82, 2.24) is 0 Å². The van der Waals surface area contributed by atoms with Gasteiger partial charge in [-0.2, -0.15) is 0 Å². The highest BCUT2D eigenvalue weighted by Gasteiger charge is 2.26. The Hall–Kier alpha value is -3.80. The van der Waals surface area contributed by atoms with Crippen molar-refractivity contribution in [3.63, 3.8) is 0 Å². The number of carbonyl (C=O) groups excluding carboxylic acids is 2. The lowest BCUT2D eigenvalue weighted by Crippen LogP contribution is -2.25. The molecule has 0 saturated heterocycles. The van der Waals surface area contributed by atoms with Crippen LogP contribution in [0.4, 0.5) is 11.4 Å². The van der Waals surface area contributed by atoms with E-state index in [1.165, 1.54) is 0 Å². The van der Waals surface area contributed by atoms with Gasteiger partial charge < -0.3 is 19.7 Å². The van der Waals surface area contributed by atoms with Gasteiger partial charge in [-0.05, 0) is 67.4 Å². The van der Waals surface area contributed by atoms with E-state index in [0.29, 0.717) is 34.2 Å². The van der Waals surface area contributed by atoms with E-state index in [1.807, 2.05) is 50.2 Å². The molecule has 6 heteroatoms. The van der Waals surface area contributed by atoms with E-state index in [1.54, 1.807) is 36.2 Å². The Morgan fingerprint density at radius 2 is 1.77 bits per heavy atom. The van der Waals surface area contributed by atoms with Crippen LogP contribution in [0, 0.1) is 13.8 Å². The largest absolute Gasteiger partial charge is 0.484 e. The van der Waals surface area contributed by atoms with Crippen molar-refractivity contribution < 1.29 is 19.1 Å². The quantitative estimate of drug-likeness (QED) is 0.687. The fourth-order valence-electron chi connectivity index (χ4n) is 3.30. The lowest BCUT2D eigenvalue weighted by atomic mass is 10.1. The number of carbonyl (C=O) groups is 2. The summed E-state index contributed by atoms with van der Waals surface area (Å²) in [6.45, 7) is 3.79. The first-order valence-electron chi connectivity index (χ1n) is 9.60. The van der Waals surface area contributed by atoms with Gasteiger partial charge in [-0.15, -0.1) is 0 Å². The minimum Gasteiger partial charge on any atom is -0.484 e. The molecule has 0 radical (unpaired) electrons. The molecule has 1 aliphatic rings. The average Bonchev–Trinajstić information content (AvgIpc) is 2.82. The number of nitrogens with zero attached hydrogens (tertiary/aromatic N) is 1. The van der Waals surface area contributed by atoms with Crippen molar-refractivity contribution in [1.29, 1.82) is 0 Å². The van der Waals surface area contributed by atoms with Gasteiger partial charge in [0.05, 0.1) is 11.3 Å². The normalized spacial score (nSPS) is 12.4. The molecule has 0 aromatic heterocycles. The number of nitrogens with one attached hydrogen (secondary N) is 1. The Balaban J connectivity index is 1.51. The van der Waals surface area contributed by atoms with E-state index < -0.39 is 0 Å². The van der Waals surface area contributed by atoms with Gasteiger partial charge in [0.1, 0.15) is 11.5 Å². The number of rotatable bonds is 4. The molecule has 4 rings (SSSR count). The lowest BCUT2D eigenvalue weighted by Gasteiger charge is -2.16.